The predicted octanol–water partition coefficient (Wildman–Crippen LogP) is 0.927. The fourth-order valence-electron chi connectivity index (χ4n) is 2.64. The monoisotopic (exact) mass is 305 g/mol. The molecule has 7 heteroatoms. The summed E-state index contributed by atoms with van der Waals surface area (Å²) in [7, 11) is 0. The van der Waals surface area contributed by atoms with Gasteiger partial charge in [-0.2, -0.15) is 0 Å². The van der Waals surface area contributed by atoms with Crippen molar-refractivity contribution in [2.45, 2.75) is 46.2 Å². The first-order valence-electron chi connectivity index (χ1n) is 7.59. The van der Waals surface area contributed by atoms with Crippen LogP contribution in [-0.2, 0) is 17.8 Å². The molecule has 0 fully saturated rings. The molecule has 1 atom stereocenters. The molecule has 2 rings (SSSR count). The number of carbonyl (C=O) groups is 2. The summed E-state index contributed by atoms with van der Waals surface area (Å²) in [5, 5.41) is 8.22. The zero-order chi connectivity index (χ0) is 16.1. The first-order chi connectivity index (χ1) is 10.5. The minimum atomic E-state index is -0.283. The molecule has 0 radical (unpaired) electrons. The Morgan fingerprint density at radius 3 is 2.95 bits per heavy atom. The number of imidazole rings is 1. The molecule has 0 aromatic carbocycles. The number of aromatic nitrogens is 2. The van der Waals surface area contributed by atoms with Gasteiger partial charge in [0.05, 0.1) is 11.6 Å². The minimum absolute atomic E-state index is 0.140. The number of rotatable bonds is 6. The number of carbonyl (C=O) groups excluding carboxylic acids is 2. The molecule has 120 valence electrons. The third kappa shape index (κ3) is 3.66. The van der Waals surface area contributed by atoms with Gasteiger partial charge in [-0.1, -0.05) is 6.92 Å². The van der Waals surface area contributed by atoms with Gasteiger partial charge in [-0.3, -0.25) is 4.79 Å². The maximum atomic E-state index is 12.2. The van der Waals surface area contributed by atoms with Crippen molar-refractivity contribution in [2.24, 2.45) is 0 Å². The summed E-state index contributed by atoms with van der Waals surface area (Å²) in [4.78, 5) is 27.8. The fourth-order valence-corrected chi connectivity index (χ4v) is 2.64. The average molecular weight is 305 g/mol. The Labute approximate surface area is 130 Å². The second-order valence-corrected chi connectivity index (χ2v) is 5.36. The number of nitrogens with zero attached hydrogens (tertiary/aromatic N) is 2. The van der Waals surface area contributed by atoms with E-state index in [9.17, 15) is 9.59 Å². The fraction of sp³-hybridized carbons (Fsp3) is 0.533. The van der Waals surface area contributed by atoms with E-state index in [0.29, 0.717) is 17.8 Å². The van der Waals surface area contributed by atoms with Gasteiger partial charge >= 0.3 is 6.03 Å². The van der Waals surface area contributed by atoms with Crippen molar-refractivity contribution in [3.63, 3.8) is 0 Å². The lowest BCUT2D eigenvalue weighted by atomic mass is 10.0. The van der Waals surface area contributed by atoms with E-state index in [4.69, 9.17) is 0 Å². The highest BCUT2D eigenvalue weighted by Crippen LogP contribution is 2.11. The Balaban J connectivity index is 1.83. The van der Waals surface area contributed by atoms with Crippen molar-refractivity contribution < 1.29 is 9.59 Å². The van der Waals surface area contributed by atoms with E-state index in [0.717, 1.165) is 25.2 Å². The molecule has 22 heavy (non-hydrogen) atoms. The average Bonchev–Trinajstić information content (AvgIpc) is 2.89. The first-order valence-corrected chi connectivity index (χ1v) is 7.59. The van der Waals surface area contributed by atoms with Gasteiger partial charge in [-0.05, 0) is 20.3 Å². The van der Waals surface area contributed by atoms with Crippen molar-refractivity contribution in [2.75, 3.05) is 6.54 Å². The molecule has 7 nitrogen and oxygen atoms in total. The summed E-state index contributed by atoms with van der Waals surface area (Å²) in [6.45, 7) is 7.02. The third-order valence-electron chi connectivity index (χ3n) is 3.71. The number of allylic oxidation sites excluding steroid dienone is 1. The van der Waals surface area contributed by atoms with Gasteiger partial charge in [0.1, 0.15) is 5.82 Å². The Morgan fingerprint density at radius 1 is 1.50 bits per heavy atom. The highest BCUT2D eigenvalue weighted by Gasteiger charge is 2.26. The van der Waals surface area contributed by atoms with Gasteiger partial charge in [0.25, 0.3) is 5.91 Å². The van der Waals surface area contributed by atoms with Gasteiger partial charge in [0.15, 0.2) is 0 Å². The van der Waals surface area contributed by atoms with Gasteiger partial charge in [-0.15, -0.1) is 0 Å². The third-order valence-corrected chi connectivity index (χ3v) is 3.71. The molecule has 1 aromatic rings. The molecule has 0 saturated carbocycles. The lowest BCUT2D eigenvalue weighted by molar-refractivity contribution is -0.117. The molecule has 0 saturated heterocycles. The Hall–Kier alpha value is -2.31. The molecular formula is C15H23N5O2. The van der Waals surface area contributed by atoms with E-state index in [1.165, 1.54) is 0 Å². The Bertz CT molecular complexity index is 591. The molecular weight excluding hydrogens is 282 g/mol. The smallest absolute Gasteiger partial charge is 0.319 e. The van der Waals surface area contributed by atoms with Crippen LogP contribution in [0.3, 0.4) is 0 Å². The quantitative estimate of drug-likeness (QED) is 0.683. The van der Waals surface area contributed by atoms with Crippen LogP contribution in [0.2, 0.25) is 0 Å². The van der Waals surface area contributed by atoms with Crippen LogP contribution in [0.5, 0.6) is 0 Å². The van der Waals surface area contributed by atoms with Crippen LogP contribution in [0.15, 0.2) is 23.7 Å². The van der Waals surface area contributed by atoms with Gasteiger partial charge in [-0.25, -0.2) is 9.78 Å². The van der Waals surface area contributed by atoms with Crippen LogP contribution in [0, 0.1) is 0 Å². The number of aryl methyl sites for hydroxylation is 2. The van der Waals surface area contributed by atoms with Crippen LogP contribution in [0.25, 0.3) is 0 Å². The van der Waals surface area contributed by atoms with Crippen molar-refractivity contribution in [1.29, 1.82) is 0 Å². The van der Waals surface area contributed by atoms with E-state index in [2.05, 4.69) is 32.4 Å². The maximum Gasteiger partial charge on any atom is 0.319 e. The summed E-state index contributed by atoms with van der Waals surface area (Å²) in [6.07, 6.45) is 5.48. The number of hydrogen-bond acceptors (Lipinski definition) is 3. The van der Waals surface area contributed by atoms with Crippen LogP contribution in [0.4, 0.5) is 4.79 Å². The SMILES string of the molecule is CCc1nccn1CCCNC(=O)C1=C(C)NC(=O)NC1C. The van der Waals surface area contributed by atoms with E-state index < -0.39 is 0 Å². The number of nitrogens with one attached hydrogen (secondary N) is 3. The zero-order valence-electron chi connectivity index (χ0n) is 13.3. The molecule has 1 aromatic heterocycles. The predicted molar refractivity (Wildman–Crippen MR) is 83.1 cm³/mol. The largest absolute Gasteiger partial charge is 0.352 e. The lowest BCUT2D eigenvalue weighted by Crippen LogP contribution is -2.50. The molecule has 0 bridgehead atoms. The molecule has 2 heterocycles. The van der Waals surface area contributed by atoms with Gasteiger partial charge in [0.2, 0.25) is 0 Å². The normalized spacial score (nSPS) is 18.0. The Morgan fingerprint density at radius 2 is 2.27 bits per heavy atom. The van der Waals surface area contributed by atoms with E-state index >= 15 is 0 Å². The van der Waals surface area contributed by atoms with E-state index in [-0.39, 0.29) is 18.0 Å². The second kappa shape index (κ2) is 7.11. The summed E-state index contributed by atoms with van der Waals surface area (Å²) < 4.78 is 2.10. The standard InChI is InChI=1S/C15H23N5O2/c1-4-12-16-7-9-20(12)8-5-6-17-14(21)13-10(2)18-15(22)19-11(13)3/h7,9-10H,4-6,8H2,1-3H3,(H,17,21)(H2,18,19,22). The van der Waals surface area contributed by atoms with Crippen molar-refractivity contribution in [3.05, 3.63) is 29.5 Å². The molecule has 0 aliphatic carbocycles. The van der Waals surface area contributed by atoms with E-state index in [1.807, 2.05) is 6.20 Å². The molecule has 3 N–H and O–H groups in total. The van der Waals surface area contributed by atoms with Crippen LogP contribution >= 0.6 is 0 Å². The van der Waals surface area contributed by atoms with Crippen molar-refractivity contribution in [3.8, 4) is 0 Å². The van der Waals surface area contributed by atoms with Crippen LogP contribution in [0.1, 0.15) is 33.0 Å². The second-order valence-electron chi connectivity index (χ2n) is 5.36. The Kier molecular flexibility index (Phi) is 5.19. The number of amides is 3. The highest BCUT2D eigenvalue weighted by atomic mass is 16.2. The first kappa shape index (κ1) is 16.1. The molecule has 0 spiro atoms. The van der Waals surface area contributed by atoms with E-state index in [1.54, 1.807) is 20.0 Å². The van der Waals surface area contributed by atoms with Crippen molar-refractivity contribution in [1.82, 2.24) is 25.5 Å². The molecule has 1 aliphatic rings. The summed E-state index contributed by atoms with van der Waals surface area (Å²) in [6, 6.07) is -0.553. The number of hydrogen-bond donors (Lipinski definition) is 3. The van der Waals surface area contributed by atoms with Crippen molar-refractivity contribution >= 4 is 11.9 Å². The van der Waals surface area contributed by atoms with Gasteiger partial charge in [0, 0.05) is 37.6 Å². The maximum absolute atomic E-state index is 12.2. The summed E-state index contributed by atoms with van der Waals surface area (Å²) in [5.74, 6) is 0.913. The molecule has 1 unspecified atom stereocenters. The molecule has 3 amide bonds. The highest BCUT2D eigenvalue weighted by molar-refractivity contribution is 5.98. The number of urea groups is 1. The molecule has 1 aliphatic heterocycles. The van der Waals surface area contributed by atoms with Crippen LogP contribution < -0.4 is 16.0 Å². The summed E-state index contributed by atoms with van der Waals surface area (Å²) in [5.41, 5.74) is 1.19. The lowest BCUT2D eigenvalue weighted by Gasteiger charge is -2.25. The zero-order valence-corrected chi connectivity index (χ0v) is 13.3. The summed E-state index contributed by atoms with van der Waals surface area (Å²) >= 11 is 0. The topological polar surface area (TPSA) is 88.1 Å². The minimum Gasteiger partial charge on any atom is -0.352 e. The van der Waals surface area contributed by atoms with Crippen LogP contribution in [-0.4, -0.2) is 34.1 Å². The van der Waals surface area contributed by atoms with Gasteiger partial charge < -0.3 is 20.5 Å².